The van der Waals surface area contributed by atoms with Crippen LogP contribution in [-0.2, 0) is 0 Å². The standard InChI is InChI=1S/C10H5ClN2O4/c11-8-4-6(10(14)15)5-2-1-3-7(13(16)17)9(5)12-8/h1-4H,(H,14,15). The number of pyridine rings is 1. The topological polar surface area (TPSA) is 93.3 Å². The minimum atomic E-state index is -1.21. The van der Waals surface area contributed by atoms with Crippen molar-refractivity contribution in [1.82, 2.24) is 4.98 Å². The zero-order valence-electron chi connectivity index (χ0n) is 8.25. The molecule has 1 aromatic heterocycles. The van der Waals surface area contributed by atoms with Gasteiger partial charge in [0.2, 0.25) is 0 Å². The van der Waals surface area contributed by atoms with E-state index >= 15 is 0 Å². The summed E-state index contributed by atoms with van der Waals surface area (Å²) in [6.45, 7) is 0. The van der Waals surface area contributed by atoms with E-state index in [4.69, 9.17) is 16.7 Å². The number of nitrogens with zero attached hydrogens (tertiary/aromatic N) is 2. The third kappa shape index (κ3) is 1.90. The Kier molecular flexibility index (Phi) is 2.64. The van der Waals surface area contributed by atoms with Crippen molar-refractivity contribution in [2.75, 3.05) is 0 Å². The largest absolute Gasteiger partial charge is 0.478 e. The zero-order chi connectivity index (χ0) is 12.6. The maximum absolute atomic E-state index is 11.0. The number of carbonyl (C=O) groups is 1. The van der Waals surface area contributed by atoms with Gasteiger partial charge in [-0.25, -0.2) is 9.78 Å². The fraction of sp³-hybridized carbons (Fsp3) is 0. The molecule has 7 heteroatoms. The lowest BCUT2D eigenvalue weighted by molar-refractivity contribution is -0.383. The number of nitro benzene ring substituents is 1. The Hall–Kier alpha value is -2.21. The summed E-state index contributed by atoms with van der Waals surface area (Å²) in [5, 5.41) is 19.9. The van der Waals surface area contributed by atoms with Gasteiger partial charge in [0.1, 0.15) is 5.15 Å². The Morgan fingerprint density at radius 1 is 1.47 bits per heavy atom. The first-order valence-corrected chi connectivity index (χ1v) is 4.85. The summed E-state index contributed by atoms with van der Waals surface area (Å²) in [6.07, 6.45) is 0. The third-order valence-electron chi connectivity index (χ3n) is 2.21. The number of rotatable bonds is 2. The summed E-state index contributed by atoms with van der Waals surface area (Å²) < 4.78 is 0. The number of para-hydroxylation sites is 1. The lowest BCUT2D eigenvalue weighted by atomic mass is 10.1. The second-order valence-electron chi connectivity index (χ2n) is 3.23. The maximum Gasteiger partial charge on any atom is 0.336 e. The Morgan fingerprint density at radius 3 is 2.76 bits per heavy atom. The van der Waals surface area contributed by atoms with E-state index < -0.39 is 10.9 Å². The highest BCUT2D eigenvalue weighted by atomic mass is 35.5. The van der Waals surface area contributed by atoms with Gasteiger partial charge in [-0.1, -0.05) is 23.7 Å². The Morgan fingerprint density at radius 2 is 2.18 bits per heavy atom. The maximum atomic E-state index is 11.0. The second-order valence-corrected chi connectivity index (χ2v) is 3.62. The van der Waals surface area contributed by atoms with Crippen LogP contribution in [0.15, 0.2) is 24.3 Å². The average Bonchev–Trinajstić information content (AvgIpc) is 2.26. The molecule has 1 aromatic carbocycles. The molecule has 1 N–H and O–H groups in total. The van der Waals surface area contributed by atoms with Crippen LogP contribution in [0.25, 0.3) is 10.9 Å². The molecule has 0 saturated carbocycles. The third-order valence-corrected chi connectivity index (χ3v) is 2.41. The van der Waals surface area contributed by atoms with Crippen molar-refractivity contribution in [1.29, 1.82) is 0 Å². The monoisotopic (exact) mass is 252 g/mol. The van der Waals surface area contributed by atoms with Crippen molar-refractivity contribution in [3.05, 3.63) is 45.1 Å². The number of benzene rings is 1. The van der Waals surface area contributed by atoms with Gasteiger partial charge in [-0.05, 0) is 6.07 Å². The van der Waals surface area contributed by atoms with Gasteiger partial charge in [0.25, 0.3) is 5.69 Å². The van der Waals surface area contributed by atoms with Gasteiger partial charge < -0.3 is 5.11 Å². The molecule has 0 aliphatic rings. The summed E-state index contributed by atoms with van der Waals surface area (Å²) in [7, 11) is 0. The summed E-state index contributed by atoms with van der Waals surface area (Å²) in [5.74, 6) is -1.21. The number of hydrogen-bond donors (Lipinski definition) is 1. The highest BCUT2D eigenvalue weighted by Gasteiger charge is 2.18. The van der Waals surface area contributed by atoms with Gasteiger partial charge in [-0.2, -0.15) is 0 Å². The molecule has 0 spiro atoms. The predicted molar refractivity (Wildman–Crippen MR) is 60.4 cm³/mol. The molecule has 86 valence electrons. The van der Waals surface area contributed by atoms with E-state index in [2.05, 4.69) is 4.98 Å². The normalized spacial score (nSPS) is 10.4. The fourth-order valence-electron chi connectivity index (χ4n) is 1.53. The van der Waals surface area contributed by atoms with Crippen LogP contribution in [0.2, 0.25) is 5.15 Å². The smallest absolute Gasteiger partial charge is 0.336 e. The van der Waals surface area contributed by atoms with E-state index in [1.165, 1.54) is 18.2 Å². The summed E-state index contributed by atoms with van der Waals surface area (Å²) >= 11 is 5.65. The number of fused-ring (bicyclic) bond motifs is 1. The fourth-order valence-corrected chi connectivity index (χ4v) is 1.72. The van der Waals surface area contributed by atoms with E-state index in [0.717, 1.165) is 6.07 Å². The number of halogens is 1. The van der Waals surface area contributed by atoms with Gasteiger partial charge in [-0.3, -0.25) is 10.1 Å². The molecule has 0 atom stereocenters. The van der Waals surface area contributed by atoms with Crippen molar-refractivity contribution < 1.29 is 14.8 Å². The molecule has 0 aliphatic heterocycles. The molecule has 0 unspecified atom stereocenters. The van der Waals surface area contributed by atoms with E-state index in [0.29, 0.717) is 0 Å². The molecular formula is C10H5ClN2O4. The summed E-state index contributed by atoms with van der Waals surface area (Å²) in [5.41, 5.74) is -0.404. The highest BCUT2D eigenvalue weighted by Crippen LogP contribution is 2.28. The molecule has 0 aliphatic carbocycles. The van der Waals surface area contributed by atoms with Crippen LogP contribution in [0, 0.1) is 10.1 Å². The number of aromatic nitrogens is 1. The van der Waals surface area contributed by atoms with E-state index in [9.17, 15) is 14.9 Å². The van der Waals surface area contributed by atoms with Crippen molar-refractivity contribution in [2.45, 2.75) is 0 Å². The Labute approximate surface area is 99.6 Å². The van der Waals surface area contributed by atoms with Gasteiger partial charge >= 0.3 is 5.97 Å². The van der Waals surface area contributed by atoms with E-state index in [1.54, 1.807) is 0 Å². The van der Waals surface area contributed by atoms with Gasteiger partial charge in [0.15, 0.2) is 5.52 Å². The molecule has 0 fully saturated rings. The number of carboxylic acid groups (broad SMARTS) is 1. The molecule has 1 heterocycles. The molecular weight excluding hydrogens is 248 g/mol. The van der Waals surface area contributed by atoms with Crippen LogP contribution in [-0.4, -0.2) is 21.0 Å². The number of aromatic carboxylic acids is 1. The molecule has 2 aromatic rings. The SMILES string of the molecule is O=C(O)c1cc(Cl)nc2c([N+](=O)[O-])cccc12. The van der Waals surface area contributed by atoms with Gasteiger partial charge in [0.05, 0.1) is 10.5 Å². The Balaban J connectivity index is 2.92. The minimum Gasteiger partial charge on any atom is -0.478 e. The second kappa shape index (κ2) is 3.99. The lowest BCUT2D eigenvalue weighted by Crippen LogP contribution is -2.00. The molecule has 2 rings (SSSR count). The van der Waals surface area contributed by atoms with Crippen LogP contribution in [0.3, 0.4) is 0 Å². The quantitative estimate of drug-likeness (QED) is 0.503. The predicted octanol–water partition coefficient (Wildman–Crippen LogP) is 2.49. The molecule has 17 heavy (non-hydrogen) atoms. The van der Waals surface area contributed by atoms with E-state index in [-0.39, 0.29) is 27.3 Å². The van der Waals surface area contributed by atoms with Crippen molar-refractivity contribution in [3.8, 4) is 0 Å². The molecule has 0 radical (unpaired) electrons. The Bertz CT molecular complexity index is 641. The first-order chi connectivity index (χ1) is 8.00. The average molecular weight is 253 g/mol. The van der Waals surface area contributed by atoms with Crippen molar-refractivity contribution >= 4 is 34.2 Å². The van der Waals surface area contributed by atoms with E-state index in [1.807, 2.05) is 0 Å². The minimum absolute atomic E-state index is 0.0256. The van der Waals surface area contributed by atoms with Crippen molar-refractivity contribution in [3.63, 3.8) is 0 Å². The van der Waals surface area contributed by atoms with Crippen LogP contribution in [0.4, 0.5) is 5.69 Å². The van der Waals surface area contributed by atoms with Crippen LogP contribution < -0.4 is 0 Å². The summed E-state index contributed by atoms with van der Waals surface area (Å²) in [6, 6.07) is 5.27. The van der Waals surface area contributed by atoms with Gasteiger partial charge in [-0.15, -0.1) is 0 Å². The molecule has 0 bridgehead atoms. The molecule has 0 amide bonds. The summed E-state index contributed by atoms with van der Waals surface area (Å²) in [4.78, 5) is 24.9. The van der Waals surface area contributed by atoms with Gasteiger partial charge in [0, 0.05) is 11.5 Å². The number of hydrogen-bond acceptors (Lipinski definition) is 4. The number of nitro groups is 1. The van der Waals surface area contributed by atoms with Crippen LogP contribution >= 0.6 is 11.6 Å². The van der Waals surface area contributed by atoms with Crippen LogP contribution in [0.1, 0.15) is 10.4 Å². The molecule has 6 nitrogen and oxygen atoms in total. The number of non-ortho nitro benzene ring substituents is 1. The zero-order valence-corrected chi connectivity index (χ0v) is 9.01. The van der Waals surface area contributed by atoms with Crippen molar-refractivity contribution in [2.24, 2.45) is 0 Å². The highest BCUT2D eigenvalue weighted by molar-refractivity contribution is 6.30. The first kappa shape index (κ1) is 11.3. The van der Waals surface area contributed by atoms with Crippen LogP contribution in [0.5, 0.6) is 0 Å². The first-order valence-electron chi connectivity index (χ1n) is 4.47. The molecule has 0 saturated heterocycles. The number of carboxylic acids is 1. The lowest BCUT2D eigenvalue weighted by Gasteiger charge is -2.03.